The summed E-state index contributed by atoms with van der Waals surface area (Å²) in [5.41, 5.74) is 0. The number of aromatic carboxylic acids is 1. The average Bonchev–Trinajstić information content (AvgIpc) is 2.81. The van der Waals surface area contributed by atoms with Gasteiger partial charge in [-0.1, -0.05) is 13.8 Å². The molecule has 0 bridgehead atoms. The quantitative estimate of drug-likeness (QED) is 0.793. The van der Waals surface area contributed by atoms with Crippen LogP contribution in [0.5, 0.6) is 0 Å². The van der Waals surface area contributed by atoms with E-state index in [1.54, 1.807) is 25.1 Å². The van der Waals surface area contributed by atoms with E-state index in [0.717, 1.165) is 0 Å². The van der Waals surface area contributed by atoms with Gasteiger partial charge in [0.1, 0.15) is 5.76 Å². The van der Waals surface area contributed by atoms with E-state index in [2.05, 4.69) is 5.32 Å². The molecule has 0 saturated carbocycles. The van der Waals surface area contributed by atoms with Gasteiger partial charge in [0.25, 0.3) is 0 Å². The molecule has 1 rings (SSSR count). The third kappa shape index (κ3) is 4.70. The van der Waals surface area contributed by atoms with Crippen LogP contribution in [0.4, 0.5) is 0 Å². The van der Waals surface area contributed by atoms with E-state index in [1.165, 1.54) is 6.07 Å². The van der Waals surface area contributed by atoms with Gasteiger partial charge in [-0.25, -0.2) is 4.79 Å². The maximum atomic E-state index is 12.1. The second kappa shape index (κ2) is 7.09. The summed E-state index contributed by atoms with van der Waals surface area (Å²) in [5.74, 6) is -0.311. The number of nitrogens with one attached hydrogen (secondary N) is 1. The lowest BCUT2D eigenvalue weighted by Gasteiger charge is -2.22. The lowest BCUT2D eigenvalue weighted by atomic mass is 10.0. The summed E-state index contributed by atoms with van der Waals surface area (Å²) >= 11 is 0. The highest BCUT2D eigenvalue weighted by molar-refractivity contribution is 5.84. The summed E-state index contributed by atoms with van der Waals surface area (Å²) in [6.07, 6.45) is 0.712. The molecule has 0 radical (unpaired) electrons. The zero-order valence-electron chi connectivity index (χ0n) is 12.3. The standard InChI is InChI=1S/C14H22N2O4/c1-9(2)7-11(13(17)16(3)4)15-8-10-5-6-12(20-10)14(18)19/h5-6,9,11,15H,7-8H2,1-4H3,(H,18,19). The van der Waals surface area contributed by atoms with Crippen LogP contribution in [-0.2, 0) is 11.3 Å². The molecule has 0 saturated heterocycles. The van der Waals surface area contributed by atoms with Gasteiger partial charge in [0.15, 0.2) is 0 Å². The van der Waals surface area contributed by atoms with Crippen molar-refractivity contribution >= 4 is 11.9 Å². The summed E-state index contributed by atoms with van der Waals surface area (Å²) in [4.78, 5) is 24.3. The Kier molecular flexibility index (Phi) is 5.76. The van der Waals surface area contributed by atoms with Crippen molar-refractivity contribution in [1.82, 2.24) is 10.2 Å². The Bertz CT molecular complexity index is 465. The van der Waals surface area contributed by atoms with Gasteiger partial charge in [-0.15, -0.1) is 0 Å². The van der Waals surface area contributed by atoms with Crippen LogP contribution in [0.25, 0.3) is 0 Å². The smallest absolute Gasteiger partial charge is 0.371 e. The largest absolute Gasteiger partial charge is 0.475 e. The lowest BCUT2D eigenvalue weighted by molar-refractivity contribution is -0.131. The fraction of sp³-hybridized carbons (Fsp3) is 0.571. The lowest BCUT2D eigenvalue weighted by Crippen LogP contribution is -2.44. The molecule has 6 nitrogen and oxygen atoms in total. The molecule has 20 heavy (non-hydrogen) atoms. The number of carbonyl (C=O) groups is 2. The predicted molar refractivity (Wildman–Crippen MR) is 74.4 cm³/mol. The van der Waals surface area contributed by atoms with Crippen LogP contribution in [0.3, 0.4) is 0 Å². The highest BCUT2D eigenvalue weighted by atomic mass is 16.4. The number of amides is 1. The van der Waals surface area contributed by atoms with Crippen LogP contribution in [-0.4, -0.2) is 42.0 Å². The SMILES string of the molecule is CC(C)CC(NCc1ccc(C(=O)O)o1)C(=O)N(C)C. The first kappa shape index (κ1) is 16.2. The number of furan rings is 1. The first-order chi connectivity index (χ1) is 9.31. The molecular formula is C14H22N2O4. The third-order valence-corrected chi connectivity index (χ3v) is 2.84. The zero-order chi connectivity index (χ0) is 15.3. The van der Waals surface area contributed by atoms with E-state index in [9.17, 15) is 9.59 Å². The Hall–Kier alpha value is -1.82. The summed E-state index contributed by atoms with van der Waals surface area (Å²) in [6.45, 7) is 4.42. The van der Waals surface area contributed by atoms with Crippen LogP contribution in [0, 0.1) is 5.92 Å². The van der Waals surface area contributed by atoms with Gasteiger partial charge in [0.05, 0.1) is 12.6 Å². The number of hydrogen-bond acceptors (Lipinski definition) is 4. The van der Waals surface area contributed by atoms with E-state index < -0.39 is 5.97 Å². The Morgan fingerprint density at radius 2 is 2.00 bits per heavy atom. The molecular weight excluding hydrogens is 260 g/mol. The van der Waals surface area contributed by atoms with Gasteiger partial charge < -0.3 is 14.4 Å². The molecule has 1 amide bonds. The zero-order valence-corrected chi connectivity index (χ0v) is 12.3. The third-order valence-electron chi connectivity index (χ3n) is 2.84. The van der Waals surface area contributed by atoms with Crippen molar-refractivity contribution in [3.05, 3.63) is 23.7 Å². The Morgan fingerprint density at radius 1 is 1.35 bits per heavy atom. The van der Waals surface area contributed by atoms with Crippen LogP contribution in [0.1, 0.15) is 36.6 Å². The average molecular weight is 282 g/mol. The molecule has 1 aromatic rings. The Morgan fingerprint density at radius 3 is 2.45 bits per heavy atom. The minimum Gasteiger partial charge on any atom is -0.475 e. The molecule has 2 N–H and O–H groups in total. The van der Waals surface area contributed by atoms with Crippen molar-refractivity contribution in [1.29, 1.82) is 0 Å². The Balaban J connectivity index is 2.65. The van der Waals surface area contributed by atoms with E-state index in [0.29, 0.717) is 24.6 Å². The molecule has 112 valence electrons. The minimum absolute atomic E-state index is 0.00344. The Labute approximate surface area is 118 Å². The minimum atomic E-state index is -1.10. The summed E-state index contributed by atoms with van der Waals surface area (Å²) in [6, 6.07) is 2.71. The topological polar surface area (TPSA) is 82.8 Å². The van der Waals surface area contributed by atoms with E-state index in [1.807, 2.05) is 13.8 Å². The molecule has 1 atom stereocenters. The number of carboxylic acid groups (broad SMARTS) is 1. The molecule has 6 heteroatoms. The summed E-state index contributed by atoms with van der Waals surface area (Å²) < 4.78 is 5.15. The van der Waals surface area contributed by atoms with Crippen molar-refractivity contribution in [3.63, 3.8) is 0 Å². The van der Waals surface area contributed by atoms with Gasteiger partial charge in [0, 0.05) is 14.1 Å². The first-order valence-electron chi connectivity index (χ1n) is 6.57. The highest BCUT2D eigenvalue weighted by Crippen LogP contribution is 2.11. The van der Waals surface area contributed by atoms with Crippen molar-refractivity contribution in [2.24, 2.45) is 5.92 Å². The predicted octanol–water partition coefficient (Wildman–Crippen LogP) is 1.57. The number of nitrogens with zero attached hydrogens (tertiary/aromatic N) is 1. The van der Waals surface area contributed by atoms with Gasteiger partial charge in [-0.2, -0.15) is 0 Å². The van der Waals surface area contributed by atoms with Gasteiger partial charge in [-0.05, 0) is 24.5 Å². The molecule has 1 heterocycles. The van der Waals surface area contributed by atoms with Crippen molar-refractivity contribution in [2.75, 3.05) is 14.1 Å². The molecule has 0 aliphatic carbocycles. The molecule has 0 fully saturated rings. The summed E-state index contributed by atoms with van der Waals surface area (Å²) in [5, 5.41) is 11.9. The van der Waals surface area contributed by atoms with Crippen molar-refractivity contribution in [3.8, 4) is 0 Å². The number of rotatable bonds is 7. The van der Waals surface area contributed by atoms with Gasteiger partial charge in [0.2, 0.25) is 11.7 Å². The van der Waals surface area contributed by atoms with E-state index in [-0.39, 0.29) is 17.7 Å². The number of carboxylic acids is 1. The maximum absolute atomic E-state index is 12.1. The number of carbonyl (C=O) groups excluding carboxylic acids is 1. The van der Waals surface area contributed by atoms with Crippen LogP contribution in [0.15, 0.2) is 16.5 Å². The van der Waals surface area contributed by atoms with Crippen molar-refractivity contribution < 1.29 is 19.1 Å². The molecule has 0 aliphatic heterocycles. The van der Waals surface area contributed by atoms with Crippen molar-refractivity contribution in [2.45, 2.75) is 32.9 Å². The van der Waals surface area contributed by atoms with Crippen LogP contribution < -0.4 is 5.32 Å². The monoisotopic (exact) mass is 282 g/mol. The maximum Gasteiger partial charge on any atom is 0.371 e. The molecule has 0 aromatic carbocycles. The fourth-order valence-electron chi connectivity index (χ4n) is 1.87. The van der Waals surface area contributed by atoms with E-state index >= 15 is 0 Å². The summed E-state index contributed by atoms with van der Waals surface area (Å²) in [7, 11) is 3.43. The number of hydrogen-bond donors (Lipinski definition) is 2. The second-order valence-electron chi connectivity index (χ2n) is 5.37. The van der Waals surface area contributed by atoms with Gasteiger partial charge >= 0.3 is 5.97 Å². The van der Waals surface area contributed by atoms with Crippen LogP contribution in [0.2, 0.25) is 0 Å². The normalized spacial score (nSPS) is 12.4. The van der Waals surface area contributed by atoms with Gasteiger partial charge in [-0.3, -0.25) is 10.1 Å². The van der Waals surface area contributed by atoms with Crippen LogP contribution >= 0.6 is 0 Å². The fourth-order valence-corrected chi connectivity index (χ4v) is 1.87. The molecule has 0 aliphatic rings. The number of likely N-dealkylation sites (N-methyl/N-ethyl adjacent to an activating group) is 1. The highest BCUT2D eigenvalue weighted by Gasteiger charge is 2.21. The molecule has 0 spiro atoms. The molecule has 1 unspecified atom stereocenters. The first-order valence-corrected chi connectivity index (χ1v) is 6.57. The molecule has 1 aromatic heterocycles. The second-order valence-corrected chi connectivity index (χ2v) is 5.37. The van der Waals surface area contributed by atoms with E-state index in [4.69, 9.17) is 9.52 Å².